The van der Waals surface area contributed by atoms with Gasteiger partial charge in [-0.05, 0) is 25.1 Å². The van der Waals surface area contributed by atoms with E-state index >= 15 is 0 Å². The molecule has 0 aliphatic carbocycles. The van der Waals surface area contributed by atoms with Gasteiger partial charge in [0.25, 0.3) is 0 Å². The SMILES string of the molecule is Fc1cc(Cl)ccc1C1CCN1. The Labute approximate surface area is 75.5 Å². The van der Waals surface area contributed by atoms with Gasteiger partial charge in [-0.25, -0.2) is 4.39 Å². The minimum absolute atomic E-state index is 0.197. The predicted molar refractivity (Wildman–Crippen MR) is 46.8 cm³/mol. The average molecular weight is 186 g/mol. The molecule has 1 saturated heterocycles. The lowest BCUT2D eigenvalue weighted by atomic mass is 9.98. The fourth-order valence-corrected chi connectivity index (χ4v) is 1.50. The summed E-state index contributed by atoms with van der Waals surface area (Å²) in [4.78, 5) is 0. The normalized spacial score (nSPS) is 22.0. The van der Waals surface area contributed by atoms with Gasteiger partial charge in [0.15, 0.2) is 0 Å². The van der Waals surface area contributed by atoms with Crippen LogP contribution >= 0.6 is 11.6 Å². The second kappa shape index (κ2) is 3.04. The molecule has 2 rings (SSSR count). The third kappa shape index (κ3) is 1.32. The Morgan fingerprint density at radius 3 is 2.75 bits per heavy atom. The van der Waals surface area contributed by atoms with Crippen LogP contribution in [0.15, 0.2) is 18.2 Å². The highest BCUT2D eigenvalue weighted by Gasteiger charge is 2.21. The Kier molecular flexibility index (Phi) is 2.03. The molecule has 1 aliphatic heterocycles. The van der Waals surface area contributed by atoms with Gasteiger partial charge in [0.1, 0.15) is 5.82 Å². The topological polar surface area (TPSA) is 12.0 Å². The van der Waals surface area contributed by atoms with Crippen molar-refractivity contribution in [3.63, 3.8) is 0 Å². The first-order valence-electron chi connectivity index (χ1n) is 3.96. The summed E-state index contributed by atoms with van der Waals surface area (Å²) in [7, 11) is 0. The van der Waals surface area contributed by atoms with E-state index < -0.39 is 0 Å². The van der Waals surface area contributed by atoms with Crippen molar-refractivity contribution in [1.82, 2.24) is 5.32 Å². The highest BCUT2D eigenvalue weighted by Crippen LogP contribution is 2.26. The van der Waals surface area contributed by atoms with E-state index in [-0.39, 0.29) is 11.9 Å². The lowest BCUT2D eigenvalue weighted by Crippen LogP contribution is -2.35. The van der Waals surface area contributed by atoms with Gasteiger partial charge < -0.3 is 5.32 Å². The standard InChI is InChI=1S/C9H9ClFN/c10-6-1-2-7(8(11)5-6)9-3-4-12-9/h1-2,5,9,12H,3-4H2. The third-order valence-corrected chi connectivity index (χ3v) is 2.40. The fourth-order valence-electron chi connectivity index (χ4n) is 1.34. The van der Waals surface area contributed by atoms with Gasteiger partial charge in [0, 0.05) is 16.6 Å². The van der Waals surface area contributed by atoms with Crippen molar-refractivity contribution >= 4 is 11.6 Å². The summed E-state index contributed by atoms with van der Waals surface area (Å²) in [6.07, 6.45) is 1.01. The van der Waals surface area contributed by atoms with Gasteiger partial charge in [-0.3, -0.25) is 0 Å². The van der Waals surface area contributed by atoms with Gasteiger partial charge >= 0.3 is 0 Å². The van der Waals surface area contributed by atoms with Crippen LogP contribution in [0.4, 0.5) is 4.39 Å². The average Bonchev–Trinajstić information content (AvgIpc) is 1.91. The molecule has 0 bridgehead atoms. The molecule has 0 amide bonds. The van der Waals surface area contributed by atoms with Crippen molar-refractivity contribution in [2.45, 2.75) is 12.5 Å². The van der Waals surface area contributed by atoms with Gasteiger partial charge in [-0.15, -0.1) is 0 Å². The minimum Gasteiger partial charge on any atom is -0.310 e. The smallest absolute Gasteiger partial charge is 0.129 e. The maximum Gasteiger partial charge on any atom is 0.129 e. The molecule has 0 radical (unpaired) electrons. The van der Waals surface area contributed by atoms with Crippen LogP contribution in [0.25, 0.3) is 0 Å². The molecule has 0 saturated carbocycles. The molecule has 1 N–H and O–H groups in total. The fraction of sp³-hybridized carbons (Fsp3) is 0.333. The van der Waals surface area contributed by atoms with Crippen molar-refractivity contribution in [2.24, 2.45) is 0 Å². The van der Waals surface area contributed by atoms with Crippen LogP contribution < -0.4 is 5.32 Å². The van der Waals surface area contributed by atoms with E-state index in [0.717, 1.165) is 18.5 Å². The quantitative estimate of drug-likeness (QED) is 0.709. The Bertz CT molecular complexity index is 297. The maximum absolute atomic E-state index is 13.2. The molecule has 1 aromatic carbocycles. The molecule has 12 heavy (non-hydrogen) atoms. The van der Waals surface area contributed by atoms with Crippen molar-refractivity contribution in [2.75, 3.05) is 6.54 Å². The molecular formula is C9H9ClFN. The Morgan fingerprint density at radius 1 is 1.50 bits per heavy atom. The highest BCUT2D eigenvalue weighted by molar-refractivity contribution is 6.30. The van der Waals surface area contributed by atoms with Gasteiger partial charge in [-0.2, -0.15) is 0 Å². The number of hydrogen-bond acceptors (Lipinski definition) is 1. The molecule has 0 aromatic heterocycles. The van der Waals surface area contributed by atoms with E-state index in [1.54, 1.807) is 12.1 Å². The summed E-state index contributed by atoms with van der Waals surface area (Å²) in [6, 6.07) is 5.02. The van der Waals surface area contributed by atoms with E-state index in [1.807, 2.05) is 0 Å². The van der Waals surface area contributed by atoms with Gasteiger partial charge in [0.2, 0.25) is 0 Å². The summed E-state index contributed by atoms with van der Waals surface area (Å²) in [6.45, 7) is 0.979. The Balaban J connectivity index is 2.31. The summed E-state index contributed by atoms with van der Waals surface area (Å²) >= 11 is 5.62. The Morgan fingerprint density at radius 2 is 2.25 bits per heavy atom. The van der Waals surface area contributed by atoms with E-state index in [1.165, 1.54) is 6.07 Å². The van der Waals surface area contributed by atoms with Crippen LogP contribution in [-0.4, -0.2) is 6.54 Å². The number of hydrogen-bond donors (Lipinski definition) is 1. The molecule has 1 unspecified atom stereocenters. The molecule has 1 aromatic rings. The predicted octanol–water partition coefficient (Wildman–Crippen LogP) is 2.51. The van der Waals surface area contributed by atoms with Crippen molar-refractivity contribution < 1.29 is 4.39 Å². The molecular weight excluding hydrogens is 177 g/mol. The maximum atomic E-state index is 13.2. The highest BCUT2D eigenvalue weighted by atomic mass is 35.5. The molecule has 1 heterocycles. The van der Waals surface area contributed by atoms with Crippen LogP contribution in [-0.2, 0) is 0 Å². The monoisotopic (exact) mass is 185 g/mol. The van der Waals surface area contributed by atoms with E-state index in [9.17, 15) is 4.39 Å². The minimum atomic E-state index is -0.209. The van der Waals surface area contributed by atoms with Crippen LogP contribution in [0.3, 0.4) is 0 Å². The van der Waals surface area contributed by atoms with E-state index in [2.05, 4.69) is 5.32 Å². The molecule has 3 heteroatoms. The first kappa shape index (κ1) is 8.02. The summed E-state index contributed by atoms with van der Waals surface area (Å²) < 4.78 is 13.2. The number of rotatable bonds is 1. The van der Waals surface area contributed by atoms with Gasteiger partial charge in [-0.1, -0.05) is 17.7 Å². The van der Waals surface area contributed by atoms with Crippen LogP contribution in [0.2, 0.25) is 5.02 Å². The summed E-state index contributed by atoms with van der Waals surface area (Å²) in [5.41, 5.74) is 0.727. The zero-order valence-corrected chi connectivity index (χ0v) is 7.24. The number of nitrogens with one attached hydrogen (secondary N) is 1. The van der Waals surface area contributed by atoms with E-state index in [4.69, 9.17) is 11.6 Å². The van der Waals surface area contributed by atoms with Crippen LogP contribution in [0.5, 0.6) is 0 Å². The summed E-state index contributed by atoms with van der Waals surface area (Å²) in [5, 5.41) is 3.59. The molecule has 1 fully saturated rings. The zero-order valence-electron chi connectivity index (χ0n) is 6.48. The largest absolute Gasteiger partial charge is 0.310 e. The Hall–Kier alpha value is -0.600. The number of benzene rings is 1. The van der Waals surface area contributed by atoms with Crippen molar-refractivity contribution in [3.05, 3.63) is 34.6 Å². The molecule has 0 spiro atoms. The van der Waals surface area contributed by atoms with Crippen molar-refractivity contribution in [1.29, 1.82) is 0 Å². The number of halogens is 2. The lowest BCUT2D eigenvalue weighted by Gasteiger charge is -2.28. The van der Waals surface area contributed by atoms with E-state index in [0.29, 0.717) is 5.02 Å². The molecule has 1 atom stereocenters. The molecule has 1 aliphatic rings. The first-order valence-corrected chi connectivity index (χ1v) is 4.33. The van der Waals surface area contributed by atoms with Crippen LogP contribution in [0.1, 0.15) is 18.0 Å². The van der Waals surface area contributed by atoms with Gasteiger partial charge in [0.05, 0.1) is 0 Å². The second-order valence-corrected chi connectivity index (χ2v) is 3.40. The third-order valence-electron chi connectivity index (χ3n) is 2.16. The van der Waals surface area contributed by atoms with Crippen molar-refractivity contribution in [3.8, 4) is 0 Å². The lowest BCUT2D eigenvalue weighted by molar-refractivity contribution is 0.370. The summed E-state index contributed by atoms with van der Waals surface area (Å²) in [5.74, 6) is -0.209. The molecule has 64 valence electrons. The van der Waals surface area contributed by atoms with Crippen LogP contribution in [0, 0.1) is 5.82 Å². The zero-order chi connectivity index (χ0) is 8.55. The first-order chi connectivity index (χ1) is 5.77. The molecule has 1 nitrogen and oxygen atoms in total. The second-order valence-electron chi connectivity index (χ2n) is 2.96.